The number of hydrogen-bond acceptors (Lipinski definition) is 2. The molecular weight excluding hydrogens is 190 g/mol. The predicted molar refractivity (Wildman–Crippen MR) is 60.6 cm³/mol. The Morgan fingerprint density at radius 3 is 2.64 bits per heavy atom. The van der Waals surface area contributed by atoms with Gasteiger partial charge < -0.3 is 0 Å². The first kappa shape index (κ1) is 9.41. The second-order valence-electron chi connectivity index (χ2n) is 3.26. The number of aryl methyl sites for hydroxylation is 2. The first-order valence-corrected chi connectivity index (χ1v) is 5.75. The average molecular weight is 203 g/mol. The normalized spacial score (nSPS) is 10.3. The molecule has 1 aromatic heterocycles. The van der Waals surface area contributed by atoms with E-state index in [4.69, 9.17) is 0 Å². The minimum atomic E-state index is 1.10. The van der Waals surface area contributed by atoms with E-state index in [2.05, 4.69) is 35.3 Å². The van der Waals surface area contributed by atoms with Crippen molar-refractivity contribution >= 4 is 11.3 Å². The van der Waals surface area contributed by atoms with Gasteiger partial charge in [0, 0.05) is 11.6 Å². The smallest absolute Gasteiger partial charge is 0.0924 e. The largest absolute Gasteiger partial charge is 0.250 e. The maximum atomic E-state index is 4.27. The first-order chi connectivity index (χ1) is 6.95. The van der Waals surface area contributed by atoms with Crippen molar-refractivity contribution < 1.29 is 0 Å². The van der Waals surface area contributed by atoms with Gasteiger partial charge in [0.2, 0.25) is 0 Å². The molecule has 2 heteroatoms. The molecule has 0 radical (unpaired) electrons. The van der Waals surface area contributed by atoms with Crippen LogP contribution in [0.4, 0.5) is 0 Å². The van der Waals surface area contributed by atoms with E-state index in [1.807, 2.05) is 11.6 Å². The van der Waals surface area contributed by atoms with Crippen LogP contribution < -0.4 is 0 Å². The van der Waals surface area contributed by atoms with Crippen LogP contribution in [0.5, 0.6) is 0 Å². The quantitative estimate of drug-likeness (QED) is 0.743. The van der Waals surface area contributed by atoms with Gasteiger partial charge in [-0.2, -0.15) is 0 Å². The van der Waals surface area contributed by atoms with Gasteiger partial charge in [-0.05, 0) is 24.8 Å². The van der Waals surface area contributed by atoms with Crippen LogP contribution in [0.1, 0.15) is 17.0 Å². The van der Waals surface area contributed by atoms with Crippen molar-refractivity contribution in [3.63, 3.8) is 0 Å². The zero-order chi connectivity index (χ0) is 9.64. The summed E-state index contributed by atoms with van der Waals surface area (Å²) in [4.78, 5) is 4.27. The van der Waals surface area contributed by atoms with E-state index in [1.54, 1.807) is 11.3 Å². The van der Waals surface area contributed by atoms with Crippen LogP contribution in [0.2, 0.25) is 0 Å². The first-order valence-electron chi connectivity index (χ1n) is 4.87. The highest BCUT2D eigenvalue weighted by Gasteiger charge is 1.96. The number of thiazole rings is 1. The maximum absolute atomic E-state index is 4.27. The molecule has 1 aromatic carbocycles. The molecule has 0 aliphatic carbocycles. The van der Waals surface area contributed by atoms with Crippen LogP contribution in [0, 0.1) is 0 Å². The Kier molecular flexibility index (Phi) is 3.30. The second-order valence-corrected chi connectivity index (χ2v) is 4.24. The van der Waals surface area contributed by atoms with Gasteiger partial charge in [0.1, 0.15) is 0 Å². The highest BCUT2D eigenvalue weighted by molar-refractivity contribution is 7.09. The molecule has 0 spiro atoms. The maximum Gasteiger partial charge on any atom is 0.0924 e. The van der Waals surface area contributed by atoms with E-state index in [0.29, 0.717) is 0 Å². The highest BCUT2D eigenvalue weighted by Crippen LogP contribution is 2.09. The van der Waals surface area contributed by atoms with Gasteiger partial charge in [-0.15, -0.1) is 11.3 Å². The van der Waals surface area contributed by atoms with Gasteiger partial charge in [-0.1, -0.05) is 30.3 Å². The number of hydrogen-bond donors (Lipinski definition) is 0. The zero-order valence-electron chi connectivity index (χ0n) is 8.02. The van der Waals surface area contributed by atoms with Gasteiger partial charge in [-0.3, -0.25) is 0 Å². The van der Waals surface area contributed by atoms with Crippen LogP contribution in [0.15, 0.2) is 41.9 Å². The molecule has 72 valence electrons. The van der Waals surface area contributed by atoms with Gasteiger partial charge in [0.25, 0.3) is 0 Å². The van der Waals surface area contributed by atoms with Crippen LogP contribution in [-0.2, 0) is 12.8 Å². The Bertz CT molecular complexity index is 353. The third-order valence-corrected chi connectivity index (χ3v) is 3.02. The molecule has 0 N–H and O–H groups in total. The SMILES string of the molecule is c1ccc(CCCc2nccs2)cc1. The van der Waals surface area contributed by atoms with E-state index < -0.39 is 0 Å². The van der Waals surface area contributed by atoms with Crippen molar-refractivity contribution in [3.05, 3.63) is 52.5 Å². The monoisotopic (exact) mass is 203 g/mol. The number of benzene rings is 1. The molecule has 0 unspecified atom stereocenters. The molecule has 0 fully saturated rings. The van der Waals surface area contributed by atoms with Crippen molar-refractivity contribution in [1.29, 1.82) is 0 Å². The van der Waals surface area contributed by atoms with Gasteiger partial charge >= 0.3 is 0 Å². The van der Waals surface area contributed by atoms with Gasteiger partial charge in [0.15, 0.2) is 0 Å². The van der Waals surface area contributed by atoms with Crippen LogP contribution in [0.3, 0.4) is 0 Å². The third kappa shape index (κ3) is 2.67. The molecule has 1 nitrogen and oxygen atoms in total. The summed E-state index contributed by atoms with van der Waals surface area (Å²) >= 11 is 1.75. The van der Waals surface area contributed by atoms with E-state index in [0.717, 1.165) is 12.8 Å². The van der Waals surface area contributed by atoms with Crippen molar-refractivity contribution in [3.8, 4) is 0 Å². The molecule has 0 amide bonds. The summed E-state index contributed by atoms with van der Waals surface area (Å²) in [7, 11) is 0. The Morgan fingerprint density at radius 1 is 1.07 bits per heavy atom. The number of rotatable bonds is 4. The lowest BCUT2D eigenvalue weighted by molar-refractivity contribution is 0.814. The number of aromatic nitrogens is 1. The third-order valence-electron chi connectivity index (χ3n) is 2.18. The summed E-state index contributed by atoms with van der Waals surface area (Å²) in [5.74, 6) is 0. The molecule has 0 bridgehead atoms. The lowest BCUT2D eigenvalue weighted by Gasteiger charge is -1.98. The van der Waals surface area contributed by atoms with Crippen molar-refractivity contribution in [2.24, 2.45) is 0 Å². The fourth-order valence-electron chi connectivity index (χ4n) is 1.46. The number of nitrogens with zero attached hydrogens (tertiary/aromatic N) is 1. The fourth-order valence-corrected chi connectivity index (χ4v) is 2.13. The summed E-state index contributed by atoms with van der Waals surface area (Å²) in [6.07, 6.45) is 5.33. The van der Waals surface area contributed by atoms with Gasteiger partial charge in [0.05, 0.1) is 5.01 Å². The molecule has 0 saturated heterocycles. The summed E-state index contributed by atoms with van der Waals surface area (Å²) in [6, 6.07) is 10.6. The minimum absolute atomic E-state index is 1.10. The van der Waals surface area contributed by atoms with E-state index in [9.17, 15) is 0 Å². The Balaban J connectivity index is 1.79. The molecule has 2 rings (SSSR count). The van der Waals surface area contributed by atoms with E-state index in [1.165, 1.54) is 17.0 Å². The lowest BCUT2D eigenvalue weighted by Crippen LogP contribution is -1.88. The summed E-state index contributed by atoms with van der Waals surface area (Å²) in [5.41, 5.74) is 1.42. The van der Waals surface area contributed by atoms with Crippen LogP contribution in [-0.4, -0.2) is 4.98 Å². The minimum Gasteiger partial charge on any atom is -0.250 e. The summed E-state index contributed by atoms with van der Waals surface area (Å²) in [5, 5.41) is 3.29. The lowest BCUT2D eigenvalue weighted by atomic mass is 10.1. The van der Waals surface area contributed by atoms with Crippen molar-refractivity contribution in [2.75, 3.05) is 0 Å². The standard InChI is InChI=1S/C12H13NS/c1-2-5-11(6-3-1)7-4-8-12-13-9-10-14-12/h1-3,5-6,9-10H,4,7-8H2. The summed E-state index contributed by atoms with van der Waals surface area (Å²) < 4.78 is 0. The van der Waals surface area contributed by atoms with E-state index in [-0.39, 0.29) is 0 Å². The molecule has 0 atom stereocenters. The van der Waals surface area contributed by atoms with Crippen molar-refractivity contribution in [2.45, 2.75) is 19.3 Å². The molecular formula is C12H13NS. The summed E-state index contributed by atoms with van der Waals surface area (Å²) in [6.45, 7) is 0. The molecule has 14 heavy (non-hydrogen) atoms. The zero-order valence-corrected chi connectivity index (χ0v) is 8.83. The highest BCUT2D eigenvalue weighted by atomic mass is 32.1. The van der Waals surface area contributed by atoms with Gasteiger partial charge in [-0.25, -0.2) is 4.98 Å². The second kappa shape index (κ2) is 4.91. The topological polar surface area (TPSA) is 12.9 Å². The Morgan fingerprint density at radius 2 is 1.93 bits per heavy atom. The molecule has 1 heterocycles. The molecule has 2 aromatic rings. The Labute approximate surface area is 88.4 Å². The predicted octanol–water partition coefficient (Wildman–Crippen LogP) is 3.32. The fraction of sp³-hybridized carbons (Fsp3) is 0.250. The van der Waals surface area contributed by atoms with Crippen LogP contribution >= 0.6 is 11.3 Å². The Hall–Kier alpha value is -1.15. The average Bonchev–Trinajstić information content (AvgIpc) is 2.72. The van der Waals surface area contributed by atoms with E-state index >= 15 is 0 Å². The van der Waals surface area contributed by atoms with Crippen molar-refractivity contribution in [1.82, 2.24) is 4.98 Å². The van der Waals surface area contributed by atoms with Crippen LogP contribution in [0.25, 0.3) is 0 Å². The molecule has 0 saturated carbocycles. The molecule has 0 aliphatic rings. The molecule has 0 aliphatic heterocycles.